The quantitative estimate of drug-likeness (QED) is 0.691. The Kier molecular flexibility index (Phi) is 2.11. The molecule has 11 heavy (non-hydrogen) atoms. The highest BCUT2D eigenvalue weighted by Crippen LogP contribution is 2.17. The van der Waals surface area contributed by atoms with Crippen LogP contribution in [0.5, 0.6) is 5.88 Å². The summed E-state index contributed by atoms with van der Waals surface area (Å²) in [6.07, 6.45) is 1.67. The molecule has 0 bridgehead atoms. The number of ether oxygens (including phenoxy) is 1. The number of nitrogens with two attached hydrogens (primary N) is 1. The van der Waals surface area contributed by atoms with Crippen LogP contribution in [0.3, 0.4) is 0 Å². The van der Waals surface area contributed by atoms with E-state index < -0.39 is 0 Å². The van der Waals surface area contributed by atoms with Crippen molar-refractivity contribution >= 4 is 11.9 Å². The summed E-state index contributed by atoms with van der Waals surface area (Å²) in [4.78, 5) is 3.95. The molecule has 0 fully saturated rings. The topological polar surface area (TPSA) is 48.1 Å². The molecule has 0 saturated heterocycles. The van der Waals surface area contributed by atoms with Crippen molar-refractivity contribution in [3.05, 3.63) is 24.3 Å². The maximum atomic E-state index is 5.43. The Morgan fingerprint density at radius 2 is 2.36 bits per heavy atom. The van der Waals surface area contributed by atoms with Gasteiger partial charge < -0.3 is 10.5 Å². The van der Waals surface area contributed by atoms with Crippen molar-refractivity contribution in [2.45, 2.75) is 0 Å². The first-order valence-electron chi connectivity index (χ1n) is 3.21. The molecule has 1 heterocycles. The molecule has 0 aliphatic carbocycles. The van der Waals surface area contributed by atoms with E-state index in [1.54, 1.807) is 19.3 Å². The van der Waals surface area contributed by atoms with Crippen LogP contribution < -0.4 is 10.5 Å². The molecular formula is C8H10N2O. The molecule has 0 aliphatic heterocycles. The number of methoxy groups -OCH3 is 1. The molecule has 1 aromatic rings. The molecule has 0 saturated carbocycles. The van der Waals surface area contributed by atoms with Crippen molar-refractivity contribution in [1.82, 2.24) is 4.98 Å². The van der Waals surface area contributed by atoms with Crippen molar-refractivity contribution in [1.29, 1.82) is 0 Å². The summed E-state index contributed by atoms with van der Waals surface area (Å²) in [5.74, 6) is 0.965. The summed E-state index contributed by atoms with van der Waals surface area (Å²) in [6.45, 7) is 3.61. The lowest BCUT2D eigenvalue weighted by molar-refractivity contribution is 0.397. The minimum Gasteiger partial charge on any atom is -0.481 e. The van der Waals surface area contributed by atoms with Gasteiger partial charge in [-0.3, -0.25) is 0 Å². The maximum Gasteiger partial charge on any atom is 0.222 e. The zero-order chi connectivity index (χ0) is 8.27. The molecule has 0 spiro atoms. The molecule has 58 valence electrons. The van der Waals surface area contributed by atoms with Crippen molar-refractivity contribution in [2.24, 2.45) is 0 Å². The average Bonchev–Trinajstić information content (AvgIpc) is 2.04. The van der Waals surface area contributed by atoms with Crippen molar-refractivity contribution in [2.75, 3.05) is 12.8 Å². The van der Waals surface area contributed by atoms with Crippen LogP contribution in [0.2, 0.25) is 0 Å². The Hall–Kier alpha value is -1.51. The molecule has 3 heteroatoms. The number of rotatable bonds is 2. The van der Waals surface area contributed by atoms with Crippen LogP contribution >= 0.6 is 0 Å². The van der Waals surface area contributed by atoms with E-state index in [1.807, 2.05) is 6.07 Å². The zero-order valence-electron chi connectivity index (χ0n) is 6.37. The number of pyridine rings is 1. The predicted octanol–water partition coefficient (Wildman–Crippen LogP) is 1.32. The molecule has 3 nitrogen and oxygen atoms in total. The molecule has 2 N–H and O–H groups in total. The number of hydrogen-bond acceptors (Lipinski definition) is 3. The molecule has 0 aromatic carbocycles. The highest BCUT2D eigenvalue weighted by atomic mass is 16.5. The number of nitrogens with zero attached hydrogens (tertiary/aromatic N) is 1. The first-order chi connectivity index (χ1) is 5.27. The van der Waals surface area contributed by atoms with Gasteiger partial charge in [-0.25, -0.2) is 0 Å². The van der Waals surface area contributed by atoms with Crippen molar-refractivity contribution < 1.29 is 4.74 Å². The molecular weight excluding hydrogens is 140 g/mol. The maximum absolute atomic E-state index is 5.43. The van der Waals surface area contributed by atoms with Gasteiger partial charge >= 0.3 is 0 Å². The first kappa shape index (κ1) is 7.60. The van der Waals surface area contributed by atoms with E-state index in [4.69, 9.17) is 10.5 Å². The van der Waals surface area contributed by atoms with E-state index in [0.717, 1.165) is 5.56 Å². The third-order valence-corrected chi connectivity index (χ3v) is 1.32. The fraction of sp³-hybridized carbons (Fsp3) is 0.125. The lowest BCUT2D eigenvalue weighted by atomic mass is 10.2. The van der Waals surface area contributed by atoms with Crippen LogP contribution in [0.1, 0.15) is 5.56 Å². The Labute approximate surface area is 65.5 Å². The smallest absolute Gasteiger partial charge is 0.222 e. The fourth-order valence-corrected chi connectivity index (χ4v) is 0.784. The minimum absolute atomic E-state index is 0.451. The van der Waals surface area contributed by atoms with Gasteiger partial charge in [-0.15, -0.1) is 0 Å². The third kappa shape index (κ3) is 1.49. The molecule has 0 amide bonds. The van der Waals surface area contributed by atoms with Crippen LogP contribution in [0, 0.1) is 0 Å². The SMILES string of the molecule is C=Cc1ccc(N)nc1OC. The molecule has 1 rings (SSSR count). The van der Waals surface area contributed by atoms with Gasteiger partial charge in [0.2, 0.25) is 5.88 Å². The van der Waals surface area contributed by atoms with E-state index in [2.05, 4.69) is 11.6 Å². The van der Waals surface area contributed by atoms with Gasteiger partial charge in [0.05, 0.1) is 7.11 Å². The standard InChI is InChI=1S/C8H10N2O/c1-3-6-4-5-7(9)10-8(6)11-2/h3-5H,1H2,2H3,(H2,9,10). The monoisotopic (exact) mass is 150 g/mol. The molecule has 1 aromatic heterocycles. The Balaban J connectivity index is 3.16. The third-order valence-electron chi connectivity index (χ3n) is 1.32. The predicted molar refractivity (Wildman–Crippen MR) is 45.3 cm³/mol. The molecule has 0 aliphatic rings. The van der Waals surface area contributed by atoms with Crippen molar-refractivity contribution in [3.63, 3.8) is 0 Å². The number of hydrogen-bond donors (Lipinski definition) is 1. The van der Waals surface area contributed by atoms with Gasteiger partial charge in [-0.1, -0.05) is 12.7 Å². The van der Waals surface area contributed by atoms with Gasteiger partial charge in [0.15, 0.2) is 0 Å². The minimum atomic E-state index is 0.451. The average molecular weight is 150 g/mol. The van der Waals surface area contributed by atoms with E-state index in [9.17, 15) is 0 Å². The second kappa shape index (κ2) is 3.05. The van der Waals surface area contributed by atoms with E-state index in [1.165, 1.54) is 0 Å². The van der Waals surface area contributed by atoms with Gasteiger partial charge in [0.25, 0.3) is 0 Å². The summed E-state index contributed by atoms with van der Waals surface area (Å²) in [6, 6.07) is 3.52. The van der Waals surface area contributed by atoms with Crippen molar-refractivity contribution in [3.8, 4) is 5.88 Å². The molecule has 0 radical (unpaired) electrons. The lowest BCUT2D eigenvalue weighted by Gasteiger charge is -2.02. The zero-order valence-corrected chi connectivity index (χ0v) is 6.37. The number of nitrogen functional groups attached to an aromatic ring is 1. The highest BCUT2D eigenvalue weighted by molar-refractivity contribution is 5.55. The summed E-state index contributed by atoms with van der Waals surface area (Å²) < 4.78 is 4.95. The summed E-state index contributed by atoms with van der Waals surface area (Å²) in [5, 5.41) is 0. The second-order valence-electron chi connectivity index (χ2n) is 2.04. The summed E-state index contributed by atoms with van der Waals surface area (Å²) in [5.41, 5.74) is 6.28. The van der Waals surface area contributed by atoms with Crippen LogP contribution in [-0.4, -0.2) is 12.1 Å². The Bertz CT molecular complexity index is 271. The highest BCUT2D eigenvalue weighted by Gasteiger charge is 1.99. The summed E-state index contributed by atoms with van der Waals surface area (Å²) >= 11 is 0. The molecule has 0 atom stereocenters. The lowest BCUT2D eigenvalue weighted by Crippen LogP contribution is -1.95. The van der Waals surface area contributed by atoms with Gasteiger partial charge in [-0.2, -0.15) is 4.98 Å². The van der Waals surface area contributed by atoms with E-state index in [-0.39, 0.29) is 0 Å². The van der Waals surface area contributed by atoms with E-state index in [0.29, 0.717) is 11.7 Å². The van der Waals surface area contributed by atoms with Gasteiger partial charge in [0, 0.05) is 5.56 Å². The largest absolute Gasteiger partial charge is 0.481 e. The first-order valence-corrected chi connectivity index (χ1v) is 3.21. The van der Waals surface area contributed by atoms with E-state index >= 15 is 0 Å². The second-order valence-corrected chi connectivity index (χ2v) is 2.04. The summed E-state index contributed by atoms with van der Waals surface area (Å²) in [7, 11) is 1.55. The number of aromatic nitrogens is 1. The van der Waals surface area contributed by atoms with Gasteiger partial charge in [-0.05, 0) is 12.1 Å². The number of anilines is 1. The Morgan fingerprint density at radius 3 is 2.91 bits per heavy atom. The normalized spacial score (nSPS) is 9.18. The van der Waals surface area contributed by atoms with Crippen LogP contribution in [0.25, 0.3) is 6.08 Å². The van der Waals surface area contributed by atoms with Crippen LogP contribution in [0.15, 0.2) is 18.7 Å². The van der Waals surface area contributed by atoms with Gasteiger partial charge in [0.1, 0.15) is 5.82 Å². The Morgan fingerprint density at radius 1 is 1.64 bits per heavy atom. The fourth-order valence-electron chi connectivity index (χ4n) is 0.784. The van der Waals surface area contributed by atoms with Crippen LogP contribution in [0.4, 0.5) is 5.82 Å². The molecule has 0 unspecified atom stereocenters. The van der Waals surface area contributed by atoms with Crippen LogP contribution in [-0.2, 0) is 0 Å².